The SMILES string of the molecule is CC(C)(C)c1cc(C2N[C@H](c3ccccc3)[C@@H](c3ccccc3)N2)c(O)c(C(C)(C)C)c1. The molecule has 0 unspecified atom stereocenters. The average molecular weight is 429 g/mol. The van der Waals surface area contributed by atoms with E-state index in [0.29, 0.717) is 5.75 Å². The van der Waals surface area contributed by atoms with E-state index in [2.05, 4.69) is 125 Å². The van der Waals surface area contributed by atoms with Crippen molar-refractivity contribution in [3.05, 3.63) is 101 Å². The van der Waals surface area contributed by atoms with Crippen LogP contribution >= 0.6 is 0 Å². The van der Waals surface area contributed by atoms with Gasteiger partial charge < -0.3 is 5.11 Å². The Balaban J connectivity index is 1.81. The van der Waals surface area contributed by atoms with Crippen molar-refractivity contribution in [3.63, 3.8) is 0 Å². The van der Waals surface area contributed by atoms with Gasteiger partial charge in [-0.15, -0.1) is 0 Å². The molecule has 1 aliphatic rings. The number of phenolic OH excluding ortho intramolecular Hbond substituents is 1. The van der Waals surface area contributed by atoms with Crippen molar-refractivity contribution in [2.75, 3.05) is 0 Å². The molecule has 1 heterocycles. The summed E-state index contributed by atoms with van der Waals surface area (Å²) in [5, 5.41) is 19.0. The molecule has 0 aliphatic carbocycles. The number of phenols is 1. The molecule has 168 valence electrons. The van der Waals surface area contributed by atoms with Crippen LogP contribution in [-0.4, -0.2) is 5.11 Å². The standard InChI is InChI=1S/C29H36N2O/c1-28(2,3)21-17-22(26(32)23(18-21)29(4,5)6)27-30-24(19-13-9-7-10-14-19)25(31-27)20-15-11-8-12-16-20/h7-18,24-25,27,30-32H,1-6H3/t24-,25-/m1/s1. The largest absolute Gasteiger partial charge is 0.507 e. The van der Waals surface area contributed by atoms with Crippen LogP contribution in [0.15, 0.2) is 72.8 Å². The smallest absolute Gasteiger partial charge is 0.125 e. The number of nitrogens with one attached hydrogen (secondary N) is 2. The van der Waals surface area contributed by atoms with E-state index in [1.165, 1.54) is 16.7 Å². The lowest BCUT2D eigenvalue weighted by atomic mass is 9.78. The topological polar surface area (TPSA) is 44.3 Å². The first-order valence-corrected chi connectivity index (χ1v) is 11.6. The van der Waals surface area contributed by atoms with Crippen LogP contribution in [0.1, 0.15) is 87.6 Å². The highest BCUT2D eigenvalue weighted by atomic mass is 16.3. The third-order valence-corrected chi connectivity index (χ3v) is 6.47. The number of benzene rings is 3. The summed E-state index contributed by atoms with van der Waals surface area (Å²) in [5.74, 6) is 0.385. The lowest BCUT2D eigenvalue weighted by Crippen LogP contribution is -2.25. The fourth-order valence-electron chi connectivity index (χ4n) is 4.56. The van der Waals surface area contributed by atoms with Crippen molar-refractivity contribution in [2.24, 2.45) is 0 Å². The molecule has 4 rings (SSSR count). The highest BCUT2D eigenvalue weighted by Gasteiger charge is 2.38. The zero-order chi connectivity index (χ0) is 23.1. The van der Waals surface area contributed by atoms with E-state index in [4.69, 9.17) is 0 Å². The summed E-state index contributed by atoms with van der Waals surface area (Å²) in [7, 11) is 0. The molecule has 3 aromatic carbocycles. The van der Waals surface area contributed by atoms with Crippen LogP contribution in [0.5, 0.6) is 5.75 Å². The van der Waals surface area contributed by atoms with Gasteiger partial charge in [-0.1, -0.05) is 108 Å². The summed E-state index contributed by atoms with van der Waals surface area (Å²) < 4.78 is 0. The van der Waals surface area contributed by atoms with Crippen LogP contribution in [0.4, 0.5) is 0 Å². The quantitative estimate of drug-likeness (QED) is 0.437. The lowest BCUT2D eigenvalue weighted by Gasteiger charge is -2.29. The summed E-state index contributed by atoms with van der Waals surface area (Å²) in [5.41, 5.74) is 5.44. The zero-order valence-electron chi connectivity index (χ0n) is 20.1. The van der Waals surface area contributed by atoms with E-state index in [1.54, 1.807) is 0 Å². The maximum absolute atomic E-state index is 11.4. The first kappa shape index (κ1) is 22.6. The minimum absolute atomic E-state index is 0.0152. The third-order valence-electron chi connectivity index (χ3n) is 6.47. The summed E-state index contributed by atoms with van der Waals surface area (Å²) in [6.45, 7) is 13.2. The predicted octanol–water partition coefficient (Wildman–Crippen LogP) is 6.66. The molecule has 2 atom stereocenters. The highest BCUT2D eigenvalue weighted by Crippen LogP contribution is 2.44. The van der Waals surface area contributed by atoms with Crippen molar-refractivity contribution >= 4 is 0 Å². The maximum Gasteiger partial charge on any atom is 0.125 e. The van der Waals surface area contributed by atoms with Gasteiger partial charge in [0.15, 0.2) is 0 Å². The maximum atomic E-state index is 11.4. The minimum Gasteiger partial charge on any atom is -0.507 e. The molecule has 0 aromatic heterocycles. The Bertz CT molecular complexity index is 1010. The monoisotopic (exact) mass is 428 g/mol. The second-order valence-corrected chi connectivity index (χ2v) is 11.0. The molecule has 3 heteroatoms. The Kier molecular flexibility index (Phi) is 5.91. The van der Waals surface area contributed by atoms with Gasteiger partial charge in [0.1, 0.15) is 5.75 Å². The van der Waals surface area contributed by atoms with E-state index >= 15 is 0 Å². The Morgan fingerprint density at radius 2 is 1.12 bits per heavy atom. The van der Waals surface area contributed by atoms with Gasteiger partial charge in [0, 0.05) is 5.56 Å². The third kappa shape index (κ3) is 4.46. The lowest BCUT2D eigenvalue weighted by molar-refractivity contribution is 0.421. The van der Waals surface area contributed by atoms with Gasteiger partial charge in [-0.05, 0) is 39.2 Å². The molecule has 32 heavy (non-hydrogen) atoms. The Morgan fingerprint density at radius 3 is 1.53 bits per heavy atom. The summed E-state index contributed by atoms with van der Waals surface area (Å²) in [4.78, 5) is 0. The molecule has 0 saturated carbocycles. The Hall–Kier alpha value is -2.62. The van der Waals surface area contributed by atoms with Crippen molar-refractivity contribution in [1.29, 1.82) is 0 Å². The van der Waals surface area contributed by atoms with Gasteiger partial charge in [0.05, 0.1) is 18.2 Å². The van der Waals surface area contributed by atoms with E-state index < -0.39 is 0 Å². The minimum atomic E-state index is -0.159. The van der Waals surface area contributed by atoms with E-state index in [1.807, 2.05) is 0 Å². The summed E-state index contributed by atoms with van der Waals surface area (Å²) in [6, 6.07) is 25.7. The molecule has 0 radical (unpaired) electrons. The number of rotatable bonds is 3. The van der Waals surface area contributed by atoms with Crippen molar-refractivity contribution in [1.82, 2.24) is 10.6 Å². The normalized spacial score (nSPS) is 19.9. The molecule has 0 amide bonds. The van der Waals surface area contributed by atoms with Gasteiger partial charge in [-0.2, -0.15) is 0 Å². The predicted molar refractivity (Wildman–Crippen MR) is 133 cm³/mol. The summed E-state index contributed by atoms with van der Waals surface area (Å²) in [6.07, 6.45) is -0.159. The molecule has 1 fully saturated rings. The fraction of sp³-hybridized carbons (Fsp3) is 0.379. The van der Waals surface area contributed by atoms with E-state index in [-0.39, 0.29) is 29.1 Å². The van der Waals surface area contributed by atoms with Gasteiger partial charge in [0.25, 0.3) is 0 Å². The first-order chi connectivity index (χ1) is 15.1. The Morgan fingerprint density at radius 1 is 0.656 bits per heavy atom. The second kappa shape index (κ2) is 8.38. The first-order valence-electron chi connectivity index (χ1n) is 11.6. The number of hydrogen-bond donors (Lipinski definition) is 3. The van der Waals surface area contributed by atoms with Crippen LogP contribution in [-0.2, 0) is 10.8 Å². The van der Waals surface area contributed by atoms with Crippen LogP contribution in [0.25, 0.3) is 0 Å². The van der Waals surface area contributed by atoms with E-state index in [9.17, 15) is 5.11 Å². The molecule has 0 bridgehead atoms. The Labute approximate surface area is 192 Å². The molecule has 3 nitrogen and oxygen atoms in total. The molecule has 1 aliphatic heterocycles. The van der Waals surface area contributed by atoms with Crippen molar-refractivity contribution < 1.29 is 5.11 Å². The van der Waals surface area contributed by atoms with Crippen LogP contribution in [0.3, 0.4) is 0 Å². The van der Waals surface area contributed by atoms with Crippen LogP contribution in [0.2, 0.25) is 0 Å². The second-order valence-electron chi connectivity index (χ2n) is 11.0. The van der Waals surface area contributed by atoms with Gasteiger partial charge in [0.2, 0.25) is 0 Å². The van der Waals surface area contributed by atoms with Crippen molar-refractivity contribution in [2.45, 2.75) is 70.6 Å². The fourth-order valence-corrected chi connectivity index (χ4v) is 4.56. The van der Waals surface area contributed by atoms with Crippen LogP contribution in [0, 0.1) is 0 Å². The van der Waals surface area contributed by atoms with Gasteiger partial charge in [-0.25, -0.2) is 0 Å². The molecular weight excluding hydrogens is 392 g/mol. The zero-order valence-corrected chi connectivity index (χ0v) is 20.1. The number of aromatic hydroxyl groups is 1. The number of hydrogen-bond acceptors (Lipinski definition) is 3. The van der Waals surface area contributed by atoms with Crippen molar-refractivity contribution in [3.8, 4) is 5.75 Å². The van der Waals surface area contributed by atoms with Crippen LogP contribution < -0.4 is 10.6 Å². The molecular formula is C29H36N2O. The molecule has 0 spiro atoms. The summed E-state index contributed by atoms with van der Waals surface area (Å²) >= 11 is 0. The molecule has 1 saturated heterocycles. The highest BCUT2D eigenvalue weighted by molar-refractivity contribution is 5.50. The van der Waals surface area contributed by atoms with Gasteiger partial charge >= 0.3 is 0 Å². The molecule has 3 aromatic rings. The van der Waals surface area contributed by atoms with Gasteiger partial charge in [-0.3, -0.25) is 10.6 Å². The average Bonchev–Trinajstić information content (AvgIpc) is 3.19. The van der Waals surface area contributed by atoms with E-state index in [0.717, 1.165) is 11.1 Å². The molecule has 3 N–H and O–H groups in total.